The van der Waals surface area contributed by atoms with E-state index in [1.165, 1.54) is 12.1 Å². The standard InChI is InChI=1S/C35H34N6O6/c1-38(2)20-8-9-28-27(17-20)33(44)37-32(36-28)29-30(42)23-18-25-26(19-24(23)31(29)43)35(46)41(34(25)45)21-6-4-7-22(16-21)47-15-5-10-40-13-11-39(3)12-14-40/h4,6-9,16-19,42H,5,10-15H2,1-3H3,(H,36,37,44). The van der Waals surface area contributed by atoms with Crippen LogP contribution in [0, 0.1) is 0 Å². The van der Waals surface area contributed by atoms with Crippen molar-refractivity contribution in [3.63, 3.8) is 0 Å². The number of aromatic hydroxyl groups is 1. The molecule has 6 aromatic rings. The van der Waals surface area contributed by atoms with E-state index in [4.69, 9.17) is 4.74 Å². The molecule has 3 heterocycles. The first-order chi connectivity index (χ1) is 22.6. The molecule has 0 saturated carbocycles. The van der Waals surface area contributed by atoms with Crippen molar-refractivity contribution in [3.05, 3.63) is 95.9 Å². The maximum absolute atomic E-state index is 13.6. The molecule has 7 rings (SSSR count). The third kappa shape index (κ3) is 5.34. The minimum absolute atomic E-state index is 0.0439. The lowest BCUT2D eigenvalue weighted by Crippen LogP contribution is -2.44. The van der Waals surface area contributed by atoms with Crippen molar-refractivity contribution in [1.82, 2.24) is 24.3 Å². The average molecular weight is 635 g/mol. The molecule has 0 atom stereocenters. The Kier molecular flexibility index (Phi) is 7.61. The van der Waals surface area contributed by atoms with Crippen molar-refractivity contribution in [1.29, 1.82) is 0 Å². The molecule has 0 aliphatic carbocycles. The fraction of sp³-hybridized carbons (Fsp3) is 0.286. The number of anilines is 1. The van der Waals surface area contributed by atoms with Gasteiger partial charge in [-0.15, -0.1) is 0 Å². The molecule has 12 heteroatoms. The molecular formula is C35H34N6O6. The lowest BCUT2D eigenvalue weighted by atomic mass is 10.1. The first-order valence-electron chi connectivity index (χ1n) is 15.5. The molecule has 0 spiro atoms. The van der Waals surface area contributed by atoms with E-state index in [-0.39, 0.29) is 32.9 Å². The maximum atomic E-state index is 13.6. The molecule has 2 N–H and O–H groups in total. The summed E-state index contributed by atoms with van der Waals surface area (Å²) in [7, 11) is 5.83. The number of fused-ring (bicyclic) bond motifs is 3. The van der Waals surface area contributed by atoms with Crippen LogP contribution in [0.25, 0.3) is 49.5 Å². The Morgan fingerprint density at radius 2 is 1.60 bits per heavy atom. The summed E-state index contributed by atoms with van der Waals surface area (Å²) in [5.41, 5.74) is -0.956. The molecule has 0 unspecified atom stereocenters. The van der Waals surface area contributed by atoms with Crippen molar-refractivity contribution in [3.8, 4) is 28.6 Å². The number of ether oxygens (including phenoxy) is 1. The maximum Gasteiger partial charge on any atom is 0.266 e. The van der Waals surface area contributed by atoms with E-state index in [0.29, 0.717) is 28.9 Å². The zero-order valence-electron chi connectivity index (χ0n) is 26.4. The average Bonchev–Trinajstić information content (AvgIpc) is 3.46. The summed E-state index contributed by atoms with van der Waals surface area (Å²) < 4.78 is 7.01. The van der Waals surface area contributed by atoms with Crippen LogP contribution in [-0.2, 0) is 0 Å². The molecule has 0 radical (unpaired) electrons. The van der Waals surface area contributed by atoms with Gasteiger partial charge in [-0.05, 0) is 55.9 Å². The van der Waals surface area contributed by atoms with Crippen molar-refractivity contribution in [2.45, 2.75) is 6.42 Å². The largest absolute Gasteiger partial charge is 0.506 e. The summed E-state index contributed by atoms with van der Waals surface area (Å²) in [5.74, 6) is 0.0135. The number of aromatic amines is 1. The third-order valence-electron chi connectivity index (χ3n) is 8.99. The quantitative estimate of drug-likeness (QED) is 0.240. The van der Waals surface area contributed by atoms with Gasteiger partial charge in [0, 0.05) is 69.3 Å². The smallest absolute Gasteiger partial charge is 0.266 e. The van der Waals surface area contributed by atoms with Gasteiger partial charge in [-0.2, -0.15) is 0 Å². The Morgan fingerprint density at radius 1 is 0.872 bits per heavy atom. The summed E-state index contributed by atoms with van der Waals surface area (Å²) >= 11 is 0. The van der Waals surface area contributed by atoms with E-state index in [1.807, 2.05) is 19.0 Å². The van der Waals surface area contributed by atoms with E-state index in [1.54, 1.807) is 42.5 Å². The molecule has 1 aliphatic rings. The predicted octanol–water partition coefficient (Wildman–Crippen LogP) is 2.43. The molecule has 2 aromatic heterocycles. The second-order valence-electron chi connectivity index (χ2n) is 12.3. The Morgan fingerprint density at radius 3 is 2.32 bits per heavy atom. The van der Waals surface area contributed by atoms with Gasteiger partial charge in [0.05, 0.1) is 34.0 Å². The van der Waals surface area contributed by atoms with E-state index >= 15 is 0 Å². The SMILES string of the molecule is CN1CCN(CCCOc2cccc(-n3c(=O)c4cc5c(O)c(-c6nc7ccc(N(C)C)cc7c(=O)[nH]6)c(=O)c5cc4c3=O)c2)CC1. The summed E-state index contributed by atoms with van der Waals surface area (Å²) in [6.07, 6.45) is 0.847. The number of hydrogen-bond donors (Lipinski definition) is 2. The van der Waals surface area contributed by atoms with Gasteiger partial charge in [-0.1, -0.05) is 6.07 Å². The molecule has 4 aromatic carbocycles. The first kappa shape index (κ1) is 30.3. The molecule has 1 aliphatic heterocycles. The van der Waals surface area contributed by atoms with Crippen LogP contribution in [0.4, 0.5) is 5.69 Å². The summed E-state index contributed by atoms with van der Waals surface area (Å²) in [6, 6.07) is 14.6. The van der Waals surface area contributed by atoms with Gasteiger partial charge in [-0.3, -0.25) is 19.2 Å². The topological polar surface area (TPSA) is 141 Å². The number of aromatic nitrogens is 3. The zero-order chi connectivity index (χ0) is 33.0. The Balaban J connectivity index is 1.20. The minimum atomic E-state index is -0.613. The van der Waals surface area contributed by atoms with E-state index in [0.717, 1.165) is 49.4 Å². The van der Waals surface area contributed by atoms with E-state index in [2.05, 4.69) is 26.8 Å². The highest BCUT2D eigenvalue weighted by molar-refractivity contribution is 6.06. The van der Waals surface area contributed by atoms with Gasteiger partial charge < -0.3 is 29.5 Å². The highest BCUT2D eigenvalue weighted by Crippen LogP contribution is 2.35. The van der Waals surface area contributed by atoms with Crippen molar-refractivity contribution < 1.29 is 9.84 Å². The van der Waals surface area contributed by atoms with Crippen molar-refractivity contribution in [2.24, 2.45) is 0 Å². The van der Waals surface area contributed by atoms with Crippen LogP contribution in [-0.4, -0.2) is 89.9 Å². The van der Waals surface area contributed by atoms with Gasteiger partial charge in [0.15, 0.2) is 0 Å². The number of piperazine rings is 1. The van der Waals surface area contributed by atoms with Gasteiger partial charge in [0.1, 0.15) is 22.9 Å². The summed E-state index contributed by atoms with van der Waals surface area (Å²) in [5, 5.41) is 11.8. The first-order valence-corrected chi connectivity index (χ1v) is 15.5. The van der Waals surface area contributed by atoms with Crippen LogP contribution >= 0.6 is 0 Å². The molecule has 12 nitrogen and oxygen atoms in total. The Labute approximate surface area is 268 Å². The second kappa shape index (κ2) is 11.8. The van der Waals surface area contributed by atoms with Gasteiger partial charge in [0.25, 0.3) is 16.7 Å². The molecule has 1 saturated heterocycles. The Bertz CT molecular complexity index is 2380. The number of benzene rings is 3. The third-order valence-corrected chi connectivity index (χ3v) is 8.99. The van der Waals surface area contributed by atoms with Crippen LogP contribution in [0.2, 0.25) is 0 Å². The van der Waals surface area contributed by atoms with Crippen LogP contribution in [0.1, 0.15) is 6.42 Å². The van der Waals surface area contributed by atoms with Gasteiger partial charge in [0.2, 0.25) is 5.43 Å². The van der Waals surface area contributed by atoms with Crippen molar-refractivity contribution in [2.75, 3.05) is 65.4 Å². The number of hydrogen-bond acceptors (Lipinski definition) is 10. The fourth-order valence-electron chi connectivity index (χ4n) is 6.29. The predicted molar refractivity (Wildman–Crippen MR) is 183 cm³/mol. The number of likely N-dealkylation sites (N-methyl/N-ethyl adjacent to an activating group) is 1. The van der Waals surface area contributed by atoms with Gasteiger partial charge in [-0.25, -0.2) is 9.55 Å². The molecular weight excluding hydrogens is 600 g/mol. The number of rotatable bonds is 8. The molecule has 0 bridgehead atoms. The normalized spacial score (nSPS) is 14.4. The monoisotopic (exact) mass is 634 g/mol. The lowest BCUT2D eigenvalue weighted by Gasteiger charge is -2.32. The Hall–Kier alpha value is -5.33. The highest BCUT2D eigenvalue weighted by atomic mass is 16.5. The number of H-pyrrole nitrogens is 1. The zero-order valence-corrected chi connectivity index (χ0v) is 26.4. The van der Waals surface area contributed by atoms with Crippen LogP contribution < -0.4 is 31.7 Å². The summed E-state index contributed by atoms with van der Waals surface area (Å²) in [4.78, 5) is 67.4. The number of nitrogens with zero attached hydrogens (tertiary/aromatic N) is 5. The van der Waals surface area contributed by atoms with Gasteiger partial charge >= 0.3 is 0 Å². The fourth-order valence-corrected chi connectivity index (χ4v) is 6.29. The minimum Gasteiger partial charge on any atom is -0.506 e. The summed E-state index contributed by atoms with van der Waals surface area (Å²) in [6.45, 7) is 5.61. The molecule has 47 heavy (non-hydrogen) atoms. The van der Waals surface area contributed by atoms with Crippen LogP contribution in [0.5, 0.6) is 11.5 Å². The van der Waals surface area contributed by atoms with E-state index < -0.39 is 27.9 Å². The second-order valence-corrected chi connectivity index (χ2v) is 12.3. The lowest BCUT2D eigenvalue weighted by molar-refractivity contribution is 0.145. The molecule has 240 valence electrons. The molecule has 0 amide bonds. The van der Waals surface area contributed by atoms with E-state index in [9.17, 15) is 24.3 Å². The van der Waals surface area contributed by atoms with Crippen LogP contribution in [0.15, 0.2) is 73.8 Å². The number of nitrogens with one attached hydrogen (secondary N) is 1. The molecule has 1 fully saturated rings. The highest BCUT2D eigenvalue weighted by Gasteiger charge is 2.24. The van der Waals surface area contributed by atoms with Crippen molar-refractivity contribution >= 4 is 38.1 Å². The van der Waals surface area contributed by atoms with Crippen LogP contribution in [0.3, 0.4) is 0 Å².